The summed E-state index contributed by atoms with van der Waals surface area (Å²) in [6, 6.07) is -0.161. The maximum atomic E-state index is 11.4. The second-order valence-corrected chi connectivity index (χ2v) is 3.62. The van der Waals surface area contributed by atoms with E-state index in [2.05, 4.69) is 10.1 Å². The van der Waals surface area contributed by atoms with Gasteiger partial charge in [0, 0.05) is 24.9 Å². The van der Waals surface area contributed by atoms with Crippen molar-refractivity contribution in [1.82, 2.24) is 5.32 Å². The van der Waals surface area contributed by atoms with Crippen molar-refractivity contribution in [3.63, 3.8) is 0 Å². The van der Waals surface area contributed by atoms with E-state index in [1.807, 2.05) is 0 Å². The van der Waals surface area contributed by atoms with Crippen molar-refractivity contribution in [2.24, 2.45) is 11.7 Å². The summed E-state index contributed by atoms with van der Waals surface area (Å²) >= 11 is 0. The number of nitrogens with one attached hydrogen (secondary N) is 1. The standard InChI is InChI=1S/C10H20N2O3/c1-7(8(2)11)10(14)12-6-4-5-9(13)15-3/h7-8H,4-6,11H2,1-3H3,(H,12,14). The quantitative estimate of drug-likeness (QED) is 0.485. The number of methoxy groups -OCH3 is 1. The highest BCUT2D eigenvalue weighted by Crippen LogP contribution is 1.99. The fraction of sp³-hybridized carbons (Fsp3) is 0.800. The van der Waals surface area contributed by atoms with Crippen LogP contribution in [0.15, 0.2) is 0 Å². The van der Waals surface area contributed by atoms with Crippen LogP contribution in [-0.2, 0) is 14.3 Å². The van der Waals surface area contributed by atoms with Gasteiger partial charge in [0.25, 0.3) is 0 Å². The van der Waals surface area contributed by atoms with Gasteiger partial charge in [-0.2, -0.15) is 0 Å². The lowest BCUT2D eigenvalue weighted by molar-refractivity contribution is -0.140. The Bertz CT molecular complexity index is 217. The fourth-order valence-corrected chi connectivity index (χ4v) is 0.946. The number of hydrogen-bond donors (Lipinski definition) is 2. The first kappa shape index (κ1) is 13.9. The maximum Gasteiger partial charge on any atom is 0.305 e. The average molecular weight is 216 g/mol. The molecule has 0 spiro atoms. The normalized spacial score (nSPS) is 14.1. The molecule has 0 aliphatic rings. The molecule has 0 radical (unpaired) electrons. The van der Waals surface area contributed by atoms with E-state index in [0.29, 0.717) is 19.4 Å². The van der Waals surface area contributed by atoms with Crippen molar-refractivity contribution >= 4 is 11.9 Å². The van der Waals surface area contributed by atoms with E-state index in [-0.39, 0.29) is 23.8 Å². The minimum atomic E-state index is -0.260. The molecule has 1 amide bonds. The lowest BCUT2D eigenvalue weighted by atomic mass is 10.0. The smallest absolute Gasteiger partial charge is 0.305 e. The Balaban J connectivity index is 3.60. The lowest BCUT2D eigenvalue weighted by Crippen LogP contribution is -2.39. The third kappa shape index (κ3) is 6.06. The average Bonchev–Trinajstić information content (AvgIpc) is 2.22. The van der Waals surface area contributed by atoms with Crippen LogP contribution in [0.1, 0.15) is 26.7 Å². The Labute approximate surface area is 90.4 Å². The van der Waals surface area contributed by atoms with Crippen molar-refractivity contribution in [2.75, 3.05) is 13.7 Å². The molecule has 0 aliphatic carbocycles. The van der Waals surface area contributed by atoms with E-state index >= 15 is 0 Å². The van der Waals surface area contributed by atoms with Gasteiger partial charge in [0.2, 0.25) is 5.91 Å². The van der Waals surface area contributed by atoms with E-state index in [1.165, 1.54) is 7.11 Å². The maximum absolute atomic E-state index is 11.4. The van der Waals surface area contributed by atoms with E-state index in [0.717, 1.165) is 0 Å². The predicted octanol–water partition coefficient (Wildman–Crippen LogP) is 0.0391. The Morgan fingerprint density at radius 3 is 2.47 bits per heavy atom. The van der Waals surface area contributed by atoms with Crippen molar-refractivity contribution in [1.29, 1.82) is 0 Å². The number of rotatable bonds is 6. The first-order chi connectivity index (χ1) is 6.99. The zero-order valence-electron chi connectivity index (χ0n) is 9.58. The van der Waals surface area contributed by atoms with Crippen LogP contribution < -0.4 is 11.1 Å². The van der Waals surface area contributed by atoms with Crippen molar-refractivity contribution in [3.05, 3.63) is 0 Å². The highest BCUT2D eigenvalue weighted by molar-refractivity contribution is 5.78. The highest BCUT2D eigenvalue weighted by Gasteiger charge is 2.16. The summed E-state index contributed by atoms with van der Waals surface area (Å²) in [5.41, 5.74) is 5.58. The molecule has 0 saturated heterocycles. The Kier molecular flexibility index (Phi) is 6.70. The zero-order valence-corrected chi connectivity index (χ0v) is 9.58. The van der Waals surface area contributed by atoms with Crippen LogP contribution in [0.25, 0.3) is 0 Å². The first-order valence-electron chi connectivity index (χ1n) is 5.09. The molecule has 3 N–H and O–H groups in total. The number of ether oxygens (including phenoxy) is 1. The summed E-state index contributed by atoms with van der Waals surface area (Å²) in [5, 5.41) is 2.72. The second-order valence-electron chi connectivity index (χ2n) is 3.62. The number of hydrogen-bond acceptors (Lipinski definition) is 4. The summed E-state index contributed by atoms with van der Waals surface area (Å²) < 4.78 is 4.47. The molecule has 88 valence electrons. The summed E-state index contributed by atoms with van der Waals surface area (Å²) in [7, 11) is 1.35. The molecule has 0 aromatic carbocycles. The van der Waals surface area contributed by atoms with Crippen molar-refractivity contribution < 1.29 is 14.3 Å². The van der Waals surface area contributed by atoms with E-state index in [9.17, 15) is 9.59 Å². The van der Waals surface area contributed by atoms with Gasteiger partial charge in [0.15, 0.2) is 0 Å². The molecule has 0 fully saturated rings. The summed E-state index contributed by atoms with van der Waals surface area (Å²) in [6.45, 7) is 4.05. The Morgan fingerprint density at radius 1 is 1.40 bits per heavy atom. The molecule has 0 aromatic heterocycles. The fourth-order valence-electron chi connectivity index (χ4n) is 0.946. The molecule has 5 heteroatoms. The molecule has 0 rings (SSSR count). The predicted molar refractivity (Wildman–Crippen MR) is 57.1 cm³/mol. The number of amides is 1. The first-order valence-corrected chi connectivity index (χ1v) is 5.09. The van der Waals surface area contributed by atoms with Crippen LogP contribution in [0, 0.1) is 5.92 Å². The zero-order chi connectivity index (χ0) is 11.8. The van der Waals surface area contributed by atoms with Crippen LogP contribution in [0.5, 0.6) is 0 Å². The minimum absolute atomic E-state index is 0.0742. The van der Waals surface area contributed by atoms with Gasteiger partial charge in [0.05, 0.1) is 7.11 Å². The largest absolute Gasteiger partial charge is 0.469 e. The molecule has 0 aliphatic heterocycles. The molecule has 5 nitrogen and oxygen atoms in total. The van der Waals surface area contributed by atoms with Gasteiger partial charge in [-0.15, -0.1) is 0 Å². The van der Waals surface area contributed by atoms with Gasteiger partial charge in [-0.3, -0.25) is 9.59 Å². The highest BCUT2D eigenvalue weighted by atomic mass is 16.5. The van der Waals surface area contributed by atoms with Crippen LogP contribution >= 0.6 is 0 Å². The van der Waals surface area contributed by atoms with Crippen molar-refractivity contribution in [3.8, 4) is 0 Å². The van der Waals surface area contributed by atoms with Gasteiger partial charge >= 0.3 is 5.97 Å². The third-order valence-corrected chi connectivity index (χ3v) is 2.29. The molecule has 0 bridgehead atoms. The van der Waals surface area contributed by atoms with Crippen LogP contribution in [0.4, 0.5) is 0 Å². The topological polar surface area (TPSA) is 81.4 Å². The Morgan fingerprint density at radius 2 is 2.00 bits per heavy atom. The number of esters is 1. The van der Waals surface area contributed by atoms with Gasteiger partial charge in [-0.1, -0.05) is 6.92 Å². The molecule has 15 heavy (non-hydrogen) atoms. The van der Waals surface area contributed by atoms with Gasteiger partial charge < -0.3 is 15.8 Å². The van der Waals surface area contributed by atoms with Crippen molar-refractivity contribution in [2.45, 2.75) is 32.7 Å². The minimum Gasteiger partial charge on any atom is -0.469 e. The SMILES string of the molecule is COC(=O)CCCNC(=O)C(C)C(C)N. The van der Waals surface area contributed by atoms with E-state index in [1.54, 1.807) is 13.8 Å². The molecular formula is C10H20N2O3. The molecule has 0 aromatic rings. The second kappa shape index (κ2) is 7.23. The van der Waals surface area contributed by atoms with E-state index in [4.69, 9.17) is 5.73 Å². The third-order valence-electron chi connectivity index (χ3n) is 2.29. The monoisotopic (exact) mass is 216 g/mol. The summed E-state index contributed by atoms with van der Waals surface area (Å²) in [4.78, 5) is 22.1. The number of carbonyl (C=O) groups excluding carboxylic acids is 2. The molecule has 0 heterocycles. The van der Waals surface area contributed by atoms with Crippen LogP contribution in [0.3, 0.4) is 0 Å². The Hall–Kier alpha value is -1.10. The summed E-state index contributed by atoms with van der Waals surface area (Å²) in [6.07, 6.45) is 0.910. The van der Waals surface area contributed by atoms with E-state index < -0.39 is 0 Å². The van der Waals surface area contributed by atoms with Crippen LogP contribution in [-0.4, -0.2) is 31.6 Å². The molecule has 0 saturated carbocycles. The molecule has 2 atom stereocenters. The van der Waals surface area contributed by atoms with Gasteiger partial charge in [-0.25, -0.2) is 0 Å². The number of carbonyl (C=O) groups is 2. The van der Waals surface area contributed by atoms with Gasteiger partial charge in [-0.05, 0) is 13.3 Å². The van der Waals surface area contributed by atoms with Crippen LogP contribution in [0.2, 0.25) is 0 Å². The molecule has 2 unspecified atom stereocenters. The lowest BCUT2D eigenvalue weighted by Gasteiger charge is -2.14. The summed E-state index contributed by atoms with van der Waals surface area (Å²) in [5.74, 6) is -0.539. The number of nitrogens with two attached hydrogens (primary N) is 1. The van der Waals surface area contributed by atoms with Gasteiger partial charge in [0.1, 0.15) is 0 Å². The molecular weight excluding hydrogens is 196 g/mol.